The van der Waals surface area contributed by atoms with Crippen LogP contribution in [0.25, 0.3) is 0 Å². The Bertz CT molecular complexity index is 754. The zero-order chi connectivity index (χ0) is 15.0. The maximum Gasteiger partial charge on any atom is 0.253 e. The van der Waals surface area contributed by atoms with E-state index in [2.05, 4.69) is 15.9 Å². The predicted octanol–water partition coefficient (Wildman–Crippen LogP) is 3.45. The molecule has 112 valence electrons. The number of nitrogen functional groups attached to an aromatic ring is 1. The smallest absolute Gasteiger partial charge is 0.253 e. The quantitative estimate of drug-likeness (QED) is 0.855. The van der Waals surface area contributed by atoms with Crippen LogP contribution >= 0.6 is 27.3 Å². The van der Waals surface area contributed by atoms with Gasteiger partial charge in [-0.3, -0.25) is 0 Å². The molecule has 0 amide bonds. The van der Waals surface area contributed by atoms with Crippen molar-refractivity contribution in [1.29, 1.82) is 0 Å². The summed E-state index contributed by atoms with van der Waals surface area (Å²) in [5.41, 5.74) is 7.13. The molecule has 0 bridgehead atoms. The summed E-state index contributed by atoms with van der Waals surface area (Å²) >= 11 is 4.66. The molecule has 4 nitrogen and oxygen atoms in total. The molecule has 1 aliphatic rings. The molecule has 1 fully saturated rings. The van der Waals surface area contributed by atoms with Gasteiger partial charge in [-0.25, -0.2) is 8.42 Å². The van der Waals surface area contributed by atoms with Gasteiger partial charge in [-0.15, -0.1) is 11.3 Å². The third kappa shape index (κ3) is 3.15. The zero-order valence-electron chi connectivity index (χ0n) is 11.2. The van der Waals surface area contributed by atoms with E-state index >= 15 is 0 Å². The van der Waals surface area contributed by atoms with Gasteiger partial charge >= 0.3 is 0 Å². The minimum absolute atomic E-state index is 0.102. The topological polar surface area (TPSA) is 63.4 Å². The molecule has 0 spiro atoms. The number of benzene rings is 1. The lowest BCUT2D eigenvalue weighted by atomic mass is 10.2. The largest absolute Gasteiger partial charge is 0.398 e. The van der Waals surface area contributed by atoms with Crippen molar-refractivity contribution in [1.82, 2.24) is 4.31 Å². The van der Waals surface area contributed by atoms with Crippen molar-refractivity contribution in [3.63, 3.8) is 0 Å². The maximum atomic E-state index is 12.8. The van der Waals surface area contributed by atoms with Crippen LogP contribution in [0.15, 0.2) is 44.4 Å². The summed E-state index contributed by atoms with van der Waals surface area (Å²) in [5, 5.41) is 1.66. The number of rotatable bonds is 5. The predicted molar refractivity (Wildman–Crippen MR) is 88.6 cm³/mol. The summed E-state index contributed by atoms with van der Waals surface area (Å²) in [5.74, 6) is 0. The van der Waals surface area contributed by atoms with E-state index in [4.69, 9.17) is 5.73 Å². The van der Waals surface area contributed by atoms with E-state index in [1.807, 2.05) is 24.3 Å². The summed E-state index contributed by atoms with van der Waals surface area (Å²) in [6, 6.07) is 9.35. The number of halogens is 1. The van der Waals surface area contributed by atoms with Gasteiger partial charge in [0.25, 0.3) is 10.0 Å². The molecule has 3 rings (SSSR count). The summed E-state index contributed by atoms with van der Waals surface area (Å²) in [7, 11) is -3.48. The molecule has 1 aromatic heterocycles. The summed E-state index contributed by atoms with van der Waals surface area (Å²) in [6.45, 7) is 0.381. The summed E-state index contributed by atoms with van der Waals surface area (Å²) in [6.07, 6.45) is 1.84. The summed E-state index contributed by atoms with van der Waals surface area (Å²) < 4.78 is 28.5. The van der Waals surface area contributed by atoms with Crippen molar-refractivity contribution in [3.8, 4) is 0 Å². The van der Waals surface area contributed by atoms with Gasteiger partial charge in [-0.1, -0.05) is 34.1 Å². The molecule has 21 heavy (non-hydrogen) atoms. The fourth-order valence-electron chi connectivity index (χ4n) is 2.15. The van der Waals surface area contributed by atoms with Crippen LogP contribution in [0.4, 0.5) is 5.69 Å². The second kappa shape index (κ2) is 5.72. The molecule has 0 aliphatic heterocycles. The Hall–Kier alpha value is -0.890. The Morgan fingerprint density at radius 2 is 2.05 bits per heavy atom. The minimum atomic E-state index is -3.48. The molecule has 1 saturated carbocycles. The van der Waals surface area contributed by atoms with Gasteiger partial charge in [0.15, 0.2) is 0 Å². The monoisotopic (exact) mass is 386 g/mol. The molecular weight excluding hydrogens is 372 g/mol. The van der Waals surface area contributed by atoms with Crippen LogP contribution in [0.5, 0.6) is 0 Å². The molecule has 2 aromatic rings. The molecule has 0 radical (unpaired) electrons. The van der Waals surface area contributed by atoms with E-state index in [-0.39, 0.29) is 6.04 Å². The van der Waals surface area contributed by atoms with Crippen molar-refractivity contribution in [2.75, 3.05) is 5.73 Å². The fourth-order valence-corrected chi connectivity index (χ4v) is 5.43. The molecule has 0 unspecified atom stereocenters. The Morgan fingerprint density at radius 3 is 2.62 bits per heavy atom. The molecule has 2 N–H and O–H groups in total. The first-order valence-corrected chi connectivity index (χ1v) is 9.69. The molecule has 1 aliphatic carbocycles. The van der Waals surface area contributed by atoms with Gasteiger partial charge in [0.1, 0.15) is 4.21 Å². The second-order valence-corrected chi connectivity index (χ2v) is 8.95. The van der Waals surface area contributed by atoms with Gasteiger partial charge in [0.05, 0.1) is 0 Å². The lowest BCUT2D eigenvalue weighted by molar-refractivity contribution is 0.399. The minimum Gasteiger partial charge on any atom is -0.398 e. The normalized spacial score (nSPS) is 15.5. The molecular formula is C14H15BrN2O2S2. The van der Waals surface area contributed by atoms with Gasteiger partial charge in [0, 0.05) is 28.1 Å². The number of nitrogens with two attached hydrogens (primary N) is 1. The van der Waals surface area contributed by atoms with Gasteiger partial charge in [0.2, 0.25) is 0 Å². The van der Waals surface area contributed by atoms with Crippen LogP contribution in [0.3, 0.4) is 0 Å². The lowest BCUT2D eigenvalue weighted by Crippen LogP contribution is -2.32. The Morgan fingerprint density at radius 1 is 1.33 bits per heavy atom. The molecule has 7 heteroatoms. The van der Waals surface area contributed by atoms with E-state index < -0.39 is 10.0 Å². The number of sulfonamides is 1. The zero-order valence-corrected chi connectivity index (χ0v) is 14.4. The average Bonchev–Trinajstić information content (AvgIpc) is 3.18. The van der Waals surface area contributed by atoms with Gasteiger partial charge < -0.3 is 5.73 Å². The molecule has 1 aromatic carbocycles. The third-order valence-corrected chi connectivity index (χ3v) is 7.50. The lowest BCUT2D eigenvalue weighted by Gasteiger charge is -2.21. The Labute approximate surface area is 136 Å². The van der Waals surface area contributed by atoms with E-state index in [0.29, 0.717) is 16.4 Å². The fraction of sp³-hybridized carbons (Fsp3) is 0.286. The first-order valence-electron chi connectivity index (χ1n) is 6.58. The van der Waals surface area contributed by atoms with Crippen LogP contribution in [-0.2, 0) is 16.6 Å². The standard InChI is InChI=1S/C14H15BrN2O2S2/c15-13-4-2-1-3-10(13)8-17(12-5-6-12)21(18,19)14-7-11(16)9-20-14/h1-4,7,9,12H,5-6,8,16H2. The number of hydrogen-bond acceptors (Lipinski definition) is 4. The summed E-state index contributed by atoms with van der Waals surface area (Å²) in [4.78, 5) is 0. The van der Waals surface area contributed by atoms with E-state index in [1.54, 1.807) is 9.69 Å². The SMILES string of the molecule is Nc1csc(S(=O)(=O)N(Cc2ccccc2Br)C2CC2)c1. The highest BCUT2D eigenvalue weighted by atomic mass is 79.9. The van der Waals surface area contributed by atoms with Crippen molar-refractivity contribution < 1.29 is 8.42 Å². The maximum absolute atomic E-state index is 12.8. The van der Waals surface area contributed by atoms with E-state index in [9.17, 15) is 8.42 Å². The van der Waals surface area contributed by atoms with Crippen LogP contribution < -0.4 is 5.73 Å². The first kappa shape index (κ1) is 15.0. The molecule has 0 atom stereocenters. The van der Waals surface area contributed by atoms with Crippen LogP contribution in [0.1, 0.15) is 18.4 Å². The Kier molecular flexibility index (Phi) is 4.09. The second-order valence-electron chi connectivity index (χ2n) is 5.07. The van der Waals surface area contributed by atoms with Crippen molar-refractivity contribution >= 4 is 43.0 Å². The highest BCUT2D eigenvalue weighted by Crippen LogP contribution is 2.36. The highest BCUT2D eigenvalue weighted by molar-refractivity contribution is 9.10. The molecule has 1 heterocycles. The number of thiophene rings is 1. The first-order chi connectivity index (χ1) is 9.98. The van der Waals surface area contributed by atoms with E-state index in [0.717, 1.165) is 22.9 Å². The van der Waals surface area contributed by atoms with Gasteiger partial charge in [-0.05, 0) is 30.5 Å². The van der Waals surface area contributed by atoms with Crippen molar-refractivity contribution in [2.24, 2.45) is 0 Å². The number of hydrogen-bond donors (Lipinski definition) is 1. The number of anilines is 1. The average molecular weight is 387 g/mol. The van der Waals surface area contributed by atoms with Gasteiger partial charge in [-0.2, -0.15) is 4.31 Å². The van der Waals surface area contributed by atoms with E-state index in [1.165, 1.54) is 17.4 Å². The van der Waals surface area contributed by atoms with Crippen LogP contribution in [0, 0.1) is 0 Å². The van der Waals surface area contributed by atoms with Crippen molar-refractivity contribution in [3.05, 3.63) is 45.7 Å². The number of nitrogens with zero attached hydrogens (tertiary/aromatic N) is 1. The third-order valence-electron chi connectivity index (χ3n) is 3.40. The van der Waals surface area contributed by atoms with Crippen molar-refractivity contribution in [2.45, 2.75) is 29.6 Å². The van der Waals surface area contributed by atoms with Crippen LogP contribution in [-0.4, -0.2) is 18.8 Å². The van der Waals surface area contributed by atoms with Crippen LogP contribution in [0.2, 0.25) is 0 Å². The molecule has 0 saturated heterocycles. The Balaban J connectivity index is 1.94. The highest BCUT2D eigenvalue weighted by Gasteiger charge is 2.38.